The van der Waals surface area contributed by atoms with Crippen LogP contribution >= 0.6 is 0 Å². The quantitative estimate of drug-likeness (QED) is 0.441. The molecule has 1 atom stereocenters. The van der Waals surface area contributed by atoms with Gasteiger partial charge in [0.25, 0.3) is 5.91 Å². The van der Waals surface area contributed by atoms with Gasteiger partial charge in [-0.3, -0.25) is 9.59 Å². The van der Waals surface area contributed by atoms with Gasteiger partial charge in [-0.2, -0.15) is 5.26 Å². The Balaban J connectivity index is 1.37. The minimum atomic E-state index is -0.950. The third kappa shape index (κ3) is 6.10. The maximum atomic E-state index is 12.6. The Kier molecular flexibility index (Phi) is 7.49. The third-order valence-corrected chi connectivity index (χ3v) is 6.43. The summed E-state index contributed by atoms with van der Waals surface area (Å²) in [7, 11) is 0. The molecule has 1 unspecified atom stereocenters. The van der Waals surface area contributed by atoms with Gasteiger partial charge in [-0.1, -0.05) is 45.0 Å². The molecule has 4 rings (SSSR count). The van der Waals surface area contributed by atoms with Crippen LogP contribution < -0.4 is 14.8 Å². The van der Waals surface area contributed by atoms with Crippen LogP contribution in [0.3, 0.4) is 0 Å². The first-order valence-electron chi connectivity index (χ1n) is 12.2. The molecule has 1 aliphatic heterocycles. The molecule has 1 heterocycles. The number of nitriles is 1. The molecule has 1 amide bonds. The lowest BCUT2D eigenvalue weighted by Gasteiger charge is -2.24. The van der Waals surface area contributed by atoms with E-state index in [1.807, 2.05) is 0 Å². The van der Waals surface area contributed by atoms with Gasteiger partial charge in [0.2, 0.25) is 0 Å². The molecule has 1 aliphatic rings. The van der Waals surface area contributed by atoms with Crippen molar-refractivity contribution in [3.05, 3.63) is 88.5 Å². The maximum Gasteiger partial charge on any atom is 0.311 e. The lowest BCUT2D eigenvalue weighted by molar-refractivity contribution is -0.139. The lowest BCUT2D eigenvalue weighted by atomic mass is 9.86. The number of fused-ring (bicyclic) bond motifs is 1. The summed E-state index contributed by atoms with van der Waals surface area (Å²) >= 11 is 0. The van der Waals surface area contributed by atoms with Crippen LogP contribution in [-0.4, -0.2) is 30.1 Å². The Morgan fingerprint density at radius 2 is 1.81 bits per heavy atom. The van der Waals surface area contributed by atoms with Crippen molar-refractivity contribution >= 4 is 11.9 Å². The number of carboxylic acid groups (broad SMARTS) is 1. The fourth-order valence-electron chi connectivity index (χ4n) is 4.24. The van der Waals surface area contributed by atoms with Crippen molar-refractivity contribution in [2.75, 3.05) is 13.2 Å². The van der Waals surface area contributed by atoms with Crippen LogP contribution in [0.1, 0.15) is 65.7 Å². The number of nitrogens with one attached hydrogen (secondary N) is 1. The Morgan fingerprint density at radius 3 is 2.43 bits per heavy atom. The summed E-state index contributed by atoms with van der Waals surface area (Å²) in [4.78, 5) is 24.1. The van der Waals surface area contributed by atoms with Crippen molar-refractivity contribution in [1.82, 2.24) is 5.32 Å². The number of hydrogen-bond acceptors (Lipinski definition) is 5. The molecule has 37 heavy (non-hydrogen) atoms. The second-order valence-corrected chi connectivity index (χ2v) is 10.1. The van der Waals surface area contributed by atoms with Gasteiger partial charge in [0, 0.05) is 23.7 Å². The molecule has 7 nitrogen and oxygen atoms in total. The van der Waals surface area contributed by atoms with Gasteiger partial charge in [0.1, 0.15) is 23.3 Å². The van der Waals surface area contributed by atoms with E-state index < -0.39 is 11.9 Å². The maximum absolute atomic E-state index is 12.6. The predicted molar refractivity (Wildman–Crippen MR) is 139 cm³/mol. The Morgan fingerprint density at radius 1 is 1.11 bits per heavy atom. The summed E-state index contributed by atoms with van der Waals surface area (Å²) in [5.41, 5.74) is 3.73. The minimum absolute atomic E-state index is 0.107. The number of hydrogen-bond donors (Lipinski definition) is 2. The van der Waals surface area contributed by atoms with Crippen LogP contribution in [0.4, 0.5) is 0 Å². The molecule has 0 saturated heterocycles. The zero-order chi connectivity index (χ0) is 26.6. The number of aliphatic carboxylic acids is 1. The first kappa shape index (κ1) is 25.8. The molecule has 190 valence electrons. The van der Waals surface area contributed by atoms with Gasteiger partial charge in [0.15, 0.2) is 0 Å². The predicted octanol–water partition coefficient (Wildman–Crippen LogP) is 5.57. The number of amides is 1. The highest BCUT2D eigenvalue weighted by Crippen LogP contribution is 2.39. The Hall–Kier alpha value is -4.31. The molecule has 0 aromatic heterocycles. The molecule has 0 saturated carbocycles. The SMILES string of the molecule is CC(C)(C)c1ccc(CCNC(=O)c2ccc(Oc3cc4c(cc3C#N)C(C(=O)O)CCO4)cc2)cc1. The van der Waals surface area contributed by atoms with Crippen molar-refractivity contribution in [1.29, 1.82) is 5.26 Å². The van der Waals surface area contributed by atoms with Crippen LogP contribution in [0, 0.1) is 11.3 Å². The van der Waals surface area contributed by atoms with E-state index in [1.54, 1.807) is 30.3 Å². The van der Waals surface area contributed by atoms with Crippen LogP contribution in [0.2, 0.25) is 0 Å². The fourth-order valence-corrected chi connectivity index (χ4v) is 4.24. The number of carboxylic acids is 1. The van der Waals surface area contributed by atoms with E-state index >= 15 is 0 Å². The topological polar surface area (TPSA) is 109 Å². The van der Waals surface area contributed by atoms with Gasteiger partial charge < -0.3 is 19.9 Å². The Bertz CT molecular complexity index is 1330. The number of carbonyl (C=O) groups is 2. The molecule has 0 fully saturated rings. The smallest absolute Gasteiger partial charge is 0.311 e. The molecule has 0 radical (unpaired) electrons. The Labute approximate surface area is 216 Å². The summed E-state index contributed by atoms with van der Waals surface area (Å²) in [6.07, 6.45) is 1.08. The van der Waals surface area contributed by atoms with Gasteiger partial charge in [0.05, 0.1) is 18.1 Å². The highest BCUT2D eigenvalue weighted by molar-refractivity contribution is 5.94. The van der Waals surface area contributed by atoms with Crippen LogP contribution in [0.25, 0.3) is 0 Å². The number of nitrogens with zero attached hydrogens (tertiary/aromatic N) is 1. The average molecular weight is 499 g/mol. The van der Waals surface area contributed by atoms with Crippen molar-refractivity contribution in [2.24, 2.45) is 0 Å². The highest BCUT2D eigenvalue weighted by Gasteiger charge is 2.29. The van der Waals surface area contributed by atoms with Crippen molar-refractivity contribution < 1.29 is 24.2 Å². The number of rotatable bonds is 7. The minimum Gasteiger partial charge on any atom is -0.493 e. The van der Waals surface area contributed by atoms with E-state index in [4.69, 9.17) is 9.47 Å². The summed E-state index contributed by atoms with van der Waals surface area (Å²) in [5.74, 6) is -0.742. The molecule has 0 spiro atoms. The number of ether oxygens (including phenoxy) is 2. The summed E-state index contributed by atoms with van der Waals surface area (Å²) < 4.78 is 11.5. The van der Waals surface area contributed by atoms with Gasteiger partial charge in [-0.05, 0) is 59.7 Å². The molecule has 7 heteroatoms. The first-order chi connectivity index (χ1) is 17.7. The highest BCUT2D eigenvalue weighted by atomic mass is 16.5. The monoisotopic (exact) mass is 498 g/mol. The van der Waals surface area contributed by atoms with Gasteiger partial charge in [-0.25, -0.2) is 0 Å². The van der Waals surface area contributed by atoms with E-state index in [0.717, 1.165) is 12.0 Å². The standard InChI is InChI=1S/C30H30N2O5/c1-30(2,3)22-8-4-19(5-9-22)12-14-32-28(33)20-6-10-23(11-7-20)37-26-17-27-25(16-21(26)18-31)24(29(34)35)13-15-36-27/h4-11,16-17,24H,12-15H2,1-3H3,(H,32,33)(H,34,35). The number of benzene rings is 3. The summed E-state index contributed by atoms with van der Waals surface area (Å²) in [5, 5.41) is 22.0. The average Bonchev–Trinajstić information content (AvgIpc) is 2.88. The molecular formula is C30H30N2O5. The molecule has 2 N–H and O–H groups in total. The van der Waals surface area contributed by atoms with Crippen LogP contribution in [0.5, 0.6) is 17.2 Å². The molecule has 0 aliphatic carbocycles. The van der Waals surface area contributed by atoms with E-state index in [1.165, 1.54) is 11.6 Å². The zero-order valence-corrected chi connectivity index (χ0v) is 21.2. The largest absolute Gasteiger partial charge is 0.493 e. The zero-order valence-electron chi connectivity index (χ0n) is 21.2. The van der Waals surface area contributed by atoms with Crippen LogP contribution in [0.15, 0.2) is 60.7 Å². The van der Waals surface area contributed by atoms with E-state index in [-0.39, 0.29) is 29.2 Å². The second kappa shape index (κ2) is 10.8. The second-order valence-electron chi connectivity index (χ2n) is 10.1. The van der Waals surface area contributed by atoms with E-state index in [2.05, 4.69) is 56.4 Å². The summed E-state index contributed by atoms with van der Waals surface area (Å²) in [6.45, 7) is 7.33. The molecule has 0 bridgehead atoms. The summed E-state index contributed by atoms with van der Waals surface area (Å²) in [6, 6.07) is 20.2. The van der Waals surface area contributed by atoms with Crippen molar-refractivity contribution in [2.45, 2.75) is 44.9 Å². The third-order valence-electron chi connectivity index (χ3n) is 6.43. The van der Waals surface area contributed by atoms with E-state index in [0.29, 0.717) is 35.6 Å². The van der Waals surface area contributed by atoms with Gasteiger partial charge >= 0.3 is 5.97 Å². The van der Waals surface area contributed by atoms with Gasteiger partial charge in [-0.15, -0.1) is 0 Å². The van der Waals surface area contributed by atoms with E-state index in [9.17, 15) is 20.0 Å². The van der Waals surface area contributed by atoms with Crippen molar-refractivity contribution in [3.63, 3.8) is 0 Å². The lowest BCUT2D eigenvalue weighted by Crippen LogP contribution is -2.25. The van der Waals surface area contributed by atoms with Crippen molar-refractivity contribution in [3.8, 4) is 23.3 Å². The number of carbonyl (C=O) groups excluding carboxylic acids is 1. The molecule has 3 aromatic carbocycles. The molecule has 3 aromatic rings. The normalized spacial score (nSPS) is 14.6. The fraction of sp³-hybridized carbons (Fsp3) is 0.300. The first-order valence-corrected chi connectivity index (χ1v) is 12.2. The molecular weight excluding hydrogens is 468 g/mol. The van der Waals surface area contributed by atoms with Crippen LogP contribution in [-0.2, 0) is 16.6 Å².